The second kappa shape index (κ2) is 9.75. The third-order valence-corrected chi connectivity index (χ3v) is 6.08. The van der Waals surface area contributed by atoms with Gasteiger partial charge in [0.15, 0.2) is 0 Å². The molecule has 2 aliphatic heterocycles. The molecule has 6 heteroatoms. The minimum absolute atomic E-state index is 0.0175. The van der Waals surface area contributed by atoms with Crippen LogP contribution in [0.1, 0.15) is 35.4 Å². The summed E-state index contributed by atoms with van der Waals surface area (Å²) < 4.78 is 38.6. The maximum Gasteiger partial charge on any atom is 0.147 e. The molecule has 2 aliphatic rings. The molecule has 0 spiro atoms. The van der Waals surface area contributed by atoms with Crippen molar-refractivity contribution < 1.29 is 18.3 Å². The molecule has 1 N–H and O–H groups in total. The van der Waals surface area contributed by atoms with Crippen molar-refractivity contribution in [2.75, 3.05) is 39.9 Å². The molecule has 0 radical (unpaired) electrons. The lowest BCUT2D eigenvalue weighted by atomic mass is 9.85. The minimum Gasteiger partial charge on any atom is -0.497 e. The van der Waals surface area contributed by atoms with Crippen molar-refractivity contribution in [1.29, 1.82) is 0 Å². The number of hydrogen-bond acceptors (Lipinski definition) is 4. The van der Waals surface area contributed by atoms with Crippen molar-refractivity contribution in [2.24, 2.45) is 0 Å². The summed E-state index contributed by atoms with van der Waals surface area (Å²) in [6.45, 7) is 3.22. The summed E-state index contributed by atoms with van der Waals surface area (Å²) in [5.74, 6) is 1.80. The fourth-order valence-electron chi connectivity index (χ4n) is 4.36. The third-order valence-electron chi connectivity index (χ3n) is 6.08. The summed E-state index contributed by atoms with van der Waals surface area (Å²) in [7, 11) is 1.67. The molecule has 0 amide bonds. The number of nitrogens with zero attached hydrogens (tertiary/aromatic N) is 1. The van der Waals surface area contributed by atoms with E-state index in [0.29, 0.717) is 38.2 Å². The Labute approximate surface area is 177 Å². The van der Waals surface area contributed by atoms with E-state index in [9.17, 15) is 8.78 Å². The van der Waals surface area contributed by atoms with E-state index in [1.807, 2.05) is 29.2 Å². The SMILES string of the molecule is COc1ccc(C2CNCc3cc(OCC(F)CN4CCC(F)CC4)ccc32)cc1. The van der Waals surface area contributed by atoms with Gasteiger partial charge in [0.2, 0.25) is 0 Å². The first-order chi connectivity index (χ1) is 14.6. The molecule has 1 saturated heterocycles. The molecule has 2 aromatic carbocycles. The lowest BCUT2D eigenvalue weighted by Gasteiger charge is -2.29. The van der Waals surface area contributed by atoms with Crippen LogP contribution in [0.25, 0.3) is 0 Å². The highest BCUT2D eigenvalue weighted by atomic mass is 19.1. The van der Waals surface area contributed by atoms with Gasteiger partial charge in [0.1, 0.15) is 30.4 Å². The maximum absolute atomic E-state index is 14.4. The molecule has 2 heterocycles. The summed E-state index contributed by atoms with van der Waals surface area (Å²) in [5.41, 5.74) is 3.69. The van der Waals surface area contributed by atoms with Crippen molar-refractivity contribution in [3.8, 4) is 11.5 Å². The van der Waals surface area contributed by atoms with Crippen LogP contribution in [0.15, 0.2) is 42.5 Å². The predicted molar refractivity (Wildman–Crippen MR) is 114 cm³/mol. The summed E-state index contributed by atoms with van der Waals surface area (Å²) >= 11 is 0. The van der Waals surface area contributed by atoms with Crippen LogP contribution in [0, 0.1) is 0 Å². The average Bonchev–Trinajstić information content (AvgIpc) is 2.79. The molecule has 4 nitrogen and oxygen atoms in total. The molecular formula is C24H30F2N2O2. The van der Waals surface area contributed by atoms with E-state index >= 15 is 0 Å². The zero-order chi connectivity index (χ0) is 20.9. The first-order valence-electron chi connectivity index (χ1n) is 10.7. The van der Waals surface area contributed by atoms with Crippen LogP contribution >= 0.6 is 0 Å². The Morgan fingerprint density at radius 1 is 1.10 bits per heavy atom. The highest BCUT2D eigenvalue weighted by Gasteiger charge is 2.23. The number of rotatable bonds is 7. The Morgan fingerprint density at radius 3 is 2.57 bits per heavy atom. The summed E-state index contributed by atoms with van der Waals surface area (Å²) in [4.78, 5) is 1.99. The summed E-state index contributed by atoms with van der Waals surface area (Å²) in [6.07, 6.45) is -0.814. The molecule has 4 rings (SSSR count). The standard InChI is InChI=1S/C24H30F2N2O2/c1-29-21-4-2-17(3-5-21)24-14-27-13-18-12-22(6-7-23(18)24)30-16-20(26)15-28-10-8-19(25)9-11-28/h2-7,12,19-20,24,27H,8-11,13-16H2,1H3. The third kappa shape index (κ3) is 5.10. The monoisotopic (exact) mass is 416 g/mol. The minimum atomic E-state index is -1.08. The lowest BCUT2D eigenvalue weighted by molar-refractivity contribution is 0.0987. The smallest absolute Gasteiger partial charge is 0.147 e. The fraction of sp³-hybridized carbons (Fsp3) is 0.500. The van der Waals surface area contributed by atoms with Crippen molar-refractivity contribution >= 4 is 0 Å². The largest absolute Gasteiger partial charge is 0.497 e. The van der Waals surface area contributed by atoms with Gasteiger partial charge in [0, 0.05) is 38.6 Å². The number of methoxy groups -OCH3 is 1. The molecular weight excluding hydrogens is 386 g/mol. The van der Waals surface area contributed by atoms with Crippen LogP contribution in [0.5, 0.6) is 11.5 Å². The van der Waals surface area contributed by atoms with Crippen LogP contribution in [-0.4, -0.2) is 57.1 Å². The van der Waals surface area contributed by atoms with Gasteiger partial charge in [-0.1, -0.05) is 18.2 Å². The number of likely N-dealkylation sites (tertiary alicyclic amines) is 1. The molecule has 0 saturated carbocycles. The fourth-order valence-corrected chi connectivity index (χ4v) is 4.36. The van der Waals surface area contributed by atoms with Crippen LogP contribution < -0.4 is 14.8 Å². The van der Waals surface area contributed by atoms with Gasteiger partial charge in [-0.25, -0.2) is 8.78 Å². The van der Waals surface area contributed by atoms with Crippen LogP contribution in [0.3, 0.4) is 0 Å². The Bertz CT molecular complexity index is 822. The van der Waals surface area contributed by atoms with Crippen molar-refractivity contribution in [3.63, 3.8) is 0 Å². The molecule has 162 valence electrons. The highest BCUT2D eigenvalue weighted by molar-refractivity contribution is 5.45. The first kappa shape index (κ1) is 21.1. The van der Waals surface area contributed by atoms with Gasteiger partial charge in [-0.05, 0) is 53.8 Å². The van der Waals surface area contributed by atoms with Gasteiger partial charge >= 0.3 is 0 Å². The highest BCUT2D eigenvalue weighted by Crippen LogP contribution is 2.33. The van der Waals surface area contributed by atoms with Gasteiger partial charge in [0.25, 0.3) is 0 Å². The molecule has 0 aromatic heterocycles. The second-order valence-electron chi connectivity index (χ2n) is 8.20. The van der Waals surface area contributed by atoms with Crippen LogP contribution in [-0.2, 0) is 6.54 Å². The molecule has 2 aromatic rings. The zero-order valence-electron chi connectivity index (χ0n) is 17.4. The molecule has 2 atom stereocenters. The summed E-state index contributed by atoms with van der Waals surface area (Å²) in [5, 5.41) is 3.47. The van der Waals surface area contributed by atoms with Gasteiger partial charge in [-0.3, -0.25) is 0 Å². The molecule has 2 unspecified atom stereocenters. The zero-order valence-corrected chi connectivity index (χ0v) is 17.4. The summed E-state index contributed by atoms with van der Waals surface area (Å²) in [6, 6.07) is 14.2. The van der Waals surface area contributed by atoms with Gasteiger partial charge in [0.05, 0.1) is 7.11 Å². The predicted octanol–water partition coefficient (Wildman–Crippen LogP) is 4.08. The topological polar surface area (TPSA) is 33.7 Å². The van der Waals surface area contributed by atoms with E-state index < -0.39 is 12.3 Å². The van der Waals surface area contributed by atoms with Crippen molar-refractivity contribution in [3.05, 3.63) is 59.2 Å². The number of ether oxygens (including phenoxy) is 2. The Balaban J connectivity index is 1.36. The van der Waals surface area contributed by atoms with Gasteiger partial charge in [-0.2, -0.15) is 0 Å². The molecule has 30 heavy (non-hydrogen) atoms. The Morgan fingerprint density at radius 2 is 1.83 bits per heavy atom. The van der Waals surface area contributed by atoms with E-state index in [4.69, 9.17) is 9.47 Å². The van der Waals surface area contributed by atoms with E-state index in [1.165, 1.54) is 16.7 Å². The van der Waals surface area contributed by atoms with Crippen LogP contribution in [0.4, 0.5) is 8.78 Å². The van der Waals surface area contributed by atoms with Gasteiger partial charge in [-0.15, -0.1) is 0 Å². The second-order valence-corrected chi connectivity index (χ2v) is 8.20. The number of alkyl halides is 2. The molecule has 0 bridgehead atoms. The van der Waals surface area contributed by atoms with E-state index in [2.05, 4.69) is 23.5 Å². The normalized spacial score (nSPS) is 21.1. The van der Waals surface area contributed by atoms with E-state index in [0.717, 1.165) is 18.8 Å². The Hall–Kier alpha value is -2.18. The van der Waals surface area contributed by atoms with E-state index in [-0.39, 0.29) is 12.5 Å². The quantitative estimate of drug-likeness (QED) is 0.738. The lowest BCUT2D eigenvalue weighted by Crippen LogP contribution is -2.39. The number of halogens is 2. The molecule has 0 aliphatic carbocycles. The van der Waals surface area contributed by atoms with Crippen molar-refractivity contribution in [1.82, 2.24) is 10.2 Å². The first-order valence-corrected chi connectivity index (χ1v) is 10.7. The number of benzene rings is 2. The van der Waals surface area contributed by atoms with Crippen molar-refractivity contribution in [2.45, 2.75) is 37.6 Å². The number of hydrogen-bond donors (Lipinski definition) is 1. The van der Waals surface area contributed by atoms with E-state index in [1.54, 1.807) is 7.11 Å². The average molecular weight is 417 g/mol. The number of nitrogens with one attached hydrogen (secondary N) is 1. The Kier molecular flexibility index (Phi) is 6.85. The van der Waals surface area contributed by atoms with Crippen LogP contribution in [0.2, 0.25) is 0 Å². The van der Waals surface area contributed by atoms with Gasteiger partial charge < -0.3 is 19.7 Å². The number of fused-ring (bicyclic) bond motifs is 1. The molecule has 1 fully saturated rings. The maximum atomic E-state index is 14.4. The number of piperidine rings is 1.